The fourth-order valence-corrected chi connectivity index (χ4v) is 3.36. The van der Waals surface area contributed by atoms with Gasteiger partial charge >= 0.3 is 6.01 Å². The van der Waals surface area contributed by atoms with Crippen LogP contribution in [-0.2, 0) is 0 Å². The molecule has 2 aromatic rings. The highest BCUT2D eigenvalue weighted by atomic mass is 16.5. The van der Waals surface area contributed by atoms with Gasteiger partial charge in [0.1, 0.15) is 12.1 Å². The number of hydrogen-bond donors (Lipinski definition) is 0. The molecule has 7 nitrogen and oxygen atoms in total. The summed E-state index contributed by atoms with van der Waals surface area (Å²) >= 11 is 0. The topological polar surface area (TPSA) is 71.2 Å². The van der Waals surface area contributed by atoms with Gasteiger partial charge in [-0.25, -0.2) is 9.97 Å². The molecule has 1 saturated carbocycles. The summed E-state index contributed by atoms with van der Waals surface area (Å²) in [6.45, 7) is 5.77. The van der Waals surface area contributed by atoms with Gasteiger partial charge in [-0.3, -0.25) is 0 Å². The Balaban J connectivity index is 1.47. The molecule has 0 unspecified atom stereocenters. The second kappa shape index (κ2) is 5.79. The van der Waals surface area contributed by atoms with Crippen molar-refractivity contribution >= 4 is 11.8 Å². The van der Waals surface area contributed by atoms with E-state index in [0.29, 0.717) is 23.9 Å². The van der Waals surface area contributed by atoms with E-state index in [4.69, 9.17) is 4.52 Å². The van der Waals surface area contributed by atoms with E-state index in [-0.39, 0.29) is 0 Å². The Morgan fingerprint density at radius 2 is 1.83 bits per heavy atom. The van der Waals surface area contributed by atoms with E-state index >= 15 is 0 Å². The summed E-state index contributed by atoms with van der Waals surface area (Å²) in [7, 11) is 0. The SMILES string of the molecule is Cc1cc(N(C2CC2)C2CCN(c3nc(C)no3)CC2)ncn1. The van der Waals surface area contributed by atoms with Crippen molar-refractivity contribution in [2.75, 3.05) is 22.9 Å². The Hall–Kier alpha value is -2.18. The number of piperidine rings is 1. The van der Waals surface area contributed by atoms with Gasteiger partial charge in [-0.15, -0.1) is 0 Å². The van der Waals surface area contributed by atoms with Crippen LogP contribution in [0.1, 0.15) is 37.2 Å². The van der Waals surface area contributed by atoms with Crippen LogP contribution in [0.3, 0.4) is 0 Å². The third-order valence-corrected chi connectivity index (χ3v) is 4.64. The van der Waals surface area contributed by atoms with E-state index in [1.165, 1.54) is 12.8 Å². The van der Waals surface area contributed by atoms with Crippen molar-refractivity contribution in [2.45, 2.75) is 51.6 Å². The molecular formula is C16H22N6O. The highest BCUT2D eigenvalue weighted by Crippen LogP contribution is 2.35. The average Bonchev–Trinajstić information content (AvgIpc) is 3.28. The summed E-state index contributed by atoms with van der Waals surface area (Å²) in [5, 5.41) is 3.89. The first-order chi connectivity index (χ1) is 11.2. The lowest BCUT2D eigenvalue weighted by Crippen LogP contribution is -2.46. The molecule has 0 amide bonds. The van der Waals surface area contributed by atoms with Gasteiger partial charge < -0.3 is 14.3 Å². The number of nitrogens with zero attached hydrogens (tertiary/aromatic N) is 6. The normalized spacial score (nSPS) is 19.1. The van der Waals surface area contributed by atoms with Gasteiger partial charge in [0.25, 0.3) is 0 Å². The molecule has 2 fully saturated rings. The Kier molecular flexibility index (Phi) is 3.63. The maximum atomic E-state index is 5.29. The Labute approximate surface area is 135 Å². The summed E-state index contributed by atoms with van der Waals surface area (Å²) in [6.07, 6.45) is 6.39. The van der Waals surface area contributed by atoms with Crippen molar-refractivity contribution in [3.8, 4) is 0 Å². The van der Waals surface area contributed by atoms with Gasteiger partial charge in [0, 0.05) is 36.9 Å². The van der Waals surface area contributed by atoms with Gasteiger partial charge in [-0.05, 0) is 39.5 Å². The molecule has 0 bridgehead atoms. The molecule has 0 N–H and O–H groups in total. The molecule has 1 aliphatic heterocycles. The van der Waals surface area contributed by atoms with Crippen LogP contribution in [0.25, 0.3) is 0 Å². The van der Waals surface area contributed by atoms with E-state index in [9.17, 15) is 0 Å². The van der Waals surface area contributed by atoms with Crippen molar-refractivity contribution < 1.29 is 4.52 Å². The van der Waals surface area contributed by atoms with Crippen molar-refractivity contribution in [3.05, 3.63) is 23.9 Å². The lowest BCUT2D eigenvalue weighted by Gasteiger charge is -2.38. The standard InChI is InChI=1S/C16H22N6O/c1-11-9-15(18-10-17-11)22(13-3-4-13)14-5-7-21(8-6-14)16-19-12(2)20-23-16/h9-10,13-14H,3-8H2,1-2H3. The van der Waals surface area contributed by atoms with Crippen LogP contribution < -0.4 is 9.80 Å². The molecule has 0 radical (unpaired) electrons. The predicted octanol–water partition coefficient (Wildman–Crippen LogP) is 2.11. The lowest BCUT2D eigenvalue weighted by molar-refractivity contribution is 0.384. The highest BCUT2D eigenvalue weighted by molar-refractivity contribution is 5.44. The molecule has 23 heavy (non-hydrogen) atoms. The van der Waals surface area contributed by atoms with Crippen molar-refractivity contribution in [3.63, 3.8) is 0 Å². The van der Waals surface area contributed by atoms with E-state index < -0.39 is 0 Å². The fraction of sp³-hybridized carbons (Fsp3) is 0.625. The molecule has 1 aliphatic carbocycles. The van der Waals surface area contributed by atoms with E-state index in [2.05, 4.69) is 36.0 Å². The molecule has 0 atom stereocenters. The number of rotatable bonds is 4. The minimum Gasteiger partial charge on any atom is -0.350 e. The molecule has 0 spiro atoms. The molecule has 7 heteroatoms. The molecule has 0 aromatic carbocycles. The zero-order valence-electron chi connectivity index (χ0n) is 13.6. The summed E-state index contributed by atoms with van der Waals surface area (Å²) in [4.78, 5) is 17.8. The monoisotopic (exact) mass is 314 g/mol. The lowest BCUT2D eigenvalue weighted by atomic mass is 10.0. The number of aryl methyl sites for hydroxylation is 2. The third-order valence-electron chi connectivity index (χ3n) is 4.64. The molecular weight excluding hydrogens is 292 g/mol. The molecule has 4 rings (SSSR count). The number of hydrogen-bond acceptors (Lipinski definition) is 7. The molecule has 122 valence electrons. The van der Waals surface area contributed by atoms with E-state index in [1.54, 1.807) is 6.33 Å². The highest BCUT2D eigenvalue weighted by Gasteiger charge is 2.37. The first-order valence-electron chi connectivity index (χ1n) is 8.33. The minimum absolute atomic E-state index is 0.525. The molecule has 2 aliphatic rings. The number of anilines is 2. The first kappa shape index (κ1) is 14.4. The number of aromatic nitrogens is 4. The summed E-state index contributed by atoms with van der Waals surface area (Å²) in [6, 6.07) is 3.92. The van der Waals surface area contributed by atoms with Crippen LogP contribution in [0.15, 0.2) is 16.9 Å². The van der Waals surface area contributed by atoms with Crippen LogP contribution in [0.4, 0.5) is 11.8 Å². The smallest absolute Gasteiger partial charge is 0.324 e. The second-order valence-electron chi connectivity index (χ2n) is 6.50. The maximum Gasteiger partial charge on any atom is 0.324 e. The van der Waals surface area contributed by atoms with Gasteiger partial charge in [0.15, 0.2) is 5.82 Å². The average molecular weight is 314 g/mol. The van der Waals surface area contributed by atoms with Gasteiger partial charge in [-0.1, -0.05) is 5.16 Å². The summed E-state index contributed by atoms with van der Waals surface area (Å²) in [5.74, 6) is 1.77. The van der Waals surface area contributed by atoms with Crippen LogP contribution in [0.5, 0.6) is 0 Å². The molecule has 3 heterocycles. The van der Waals surface area contributed by atoms with Crippen molar-refractivity contribution in [1.29, 1.82) is 0 Å². The Bertz CT molecular complexity index is 675. The Morgan fingerprint density at radius 3 is 2.43 bits per heavy atom. The van der Waals surface area contributed by atoms with E-state index in [1.807, 2.05) is 13.8 Å². The fourth-order valence-electron chi connectivity index (χ4n) is 3.36. The molecule has 2 aromatic heterocycles. The zero-order chi connectivity index (χ0) is 15.8. The maximum absolute atomic E-state index is 5.29. The summed E-state index contributed by atoms with van der Waals surface area (Å²) < 4.78 is 5.29. The van der Waals surface area contributed by atoms with Gasteiger partial charge in [-0.2, -0.15) is 4.98 Å². The van der Waals surface area contributed by atoms with Gasteiger partial charge in [0.05, 0.1) is 0 Å². The quantitative estimate of drug-likeness (QED) is 0.856. The molecule has 1 saturated heterocycles. The van der Waals surface area contributed by atoms with Crippen LogP contribution in [-0.4, -0.2) is 45.3 Å². The largest absolute Gasteiger partial charge is 0.350 e. The van der Waals surface area contributed by atoms with Crippen LogP contribution in [0, 0.1) is 13.8 Å². The Morgan fingerprint density at radius 1 is 1.09 bits per heavy atom. The van der Waals surface area contributed by atoms with Crippen LogP contribution in [0.2, 0.25) is 0 Å². The minimum atomic E-state index is 0.525. The second-order valence-corrected chi connectivity index (χ2v) is 6.50. The first-order valence-corrected chi connectivity index (χ1v) is 8.33. The zero-order valence-corrected chi connectivity index (χ0v) is 13.6. The van der Waals surface area contributed by atoms with Crippen molar-refractivity contribution in [2.24, 2.45) is 0 Å². The third kappa shape index (κ3) is 3.00. The summed E-state index contributed by atoms with van der Waals surface area (Å²) in [5.41, 5.74) is 1.03. The van der Waals surface area contributed by atoms with Crippen LogP contribution >= 0.6 is 0 Å². The van der Waals surface area contributed by atoms with Gasteiger partial charge in [0.2, 0.25) is 0 Å². The predicted molar refractivity (Wildman–Crippen MR) is 86.5 cm³/mol. The van der Waals surface area contributed by atoms with Crippen molar-refractivity contribution in [1.82, 2.24) is 20.1 Å². The van der Waals surface area contributed by atoms with E-state index in [0.717, 1.165) is 37.4 Å².